The molecule has 1 N–H and O–H groups in total. The smallest absolute Gasteiger partial charge is 1.00 e. The van der Waals surface area contributed by atoms with Gasteiger partial charge in [0, 0.05) is 0 Å². The second-order valence-electron chi connectivity index (χ2n) is 3.07. The molecule has 0 saturated heterocycles. The normalized spacial score (nSPS) is 9.46. The van der Waals surface area contributed by atoms with E-state index in [1.54, 1.807) is 6.07 Å². The first-order chi connectivity index (χ1) is 5.61. The molecule has 0 aliphatic carbocycles. The van der Waals surface area contributed by atoms with Gasteiger partial charge in [-0.05, 0) is 23.6 Å². The molecule has 0 radical (unpaired) electrons. The SMILES string of the molecule is CC(C)c1cccc(O)c(=O)c1.[H-].[Na+]. The topological polar surface area (TPSA) is 37.3 Å². The van der Waals surface area contributed by atoms with Gasteiger partial charge in [0.15, 0.2) is 5.75 Å². The van der Waals surface area contributed by atoms with Gasteiger partial charge in [0.1, 0.15) is 0 Å². The van der Waals surface area contributed by atoms with Gasteiger partial charge in [-0.1, -0.05) is 26.0 Å². The molecule has 1 rings (SSSR count). The van der Waals surface area contributed by atoms with Crippen molar-refractivity contribution in [3.8, 4) is 5.75 Å². The fourth-order valence-electron chi connectivity index (χ4n) is 0.965. The van der Waals surface area contributed by atoms with Crippen LogP contribution in [-0.2, 0) is 0 Å². The molecule has 0 amide bonds. The third-order valence-electron chi connectivity index (χ3n) is 1.76. The Hall–Kier alpha value is -0.310. The van der Waals surface area contributed by atoms with Crippen LogP contribution in [0.15, 0.2) is 29.1 Å². The Balaban J connectivity index is 0. The van der Waals surface area contributed by atoms with Crippen molar-refractivity contribution in [2.45, 2.75) is 19.8 Å². The van der Waals surface area contributed by atoms with Gasteiger partial charge in [0.2, 0.25) is 5.43 Å². The molecule has 0 atom stereocenters. The maximum Gasteiger partial charge on any atom is 1.00 e. The average Bonchev–Trinajstić information content (AvgIpc) is 2.15. The van der Waals surface area contributed by atoms with E-state index < -0.39 is 0 Å². The molecule has 0 aliphatic rings. The van der Waals surface area contributed by atoms with E-state index in [0.29, 0.717) is 5.92 Å². The molecule has 0 aromatic heterocycles. The summed E-state index contributed by atoms with van der Waals surface area (Å²) in [5.41, 5.74) is 0.629. The van der Waals surface area contributed by atoms with Gasteiger partial charge in [-0.15, -0.1) is 0 Å². The molecule has 2 nitrogen and oxygen atoms in total. The quantitative estimate of drug-likeness (QED) is 0.573. The van der Waals surface area contributed by atoms with Gasteiger partial charge in [-0.3, -0.25) is 4.79 Å². The second-order valence-corrected chi connectivity index (χ2v) is 3.07. The standard InChI is InChI=1S/C10H12O2.Na.H/c1-7(2)8-4-3-5-9(11)10(12)6-8;;/h3-7H,1-2H3,(H,11,12);;/q;+1;-1. The predicted octanol–water partition coefficient (Wildman–Crippen LogP) is -1.01. The van der Waals surface area contributed by atoms with E-state index in [1.165, 1.54) is 12.1 Å². The zero-order valence-corrected chi connectivity index (χ0v) is 10.2. The van der Waals surface area contributed by atoms with E-state index in [4.69, 9.17) is 5.11 Å². The summed E-state index contributed by atoms with van der Waals surface area (Å²) in [6, 6.07) is 6.41. The Morgan fingerprint density at radius 2 is 2.00 bits per heavy atom. The summed E-state index contributed by atoms with van der Waals surface area (Å²) in [6.45, 7) is 4.01. The number of aromatic hydroxyl groups is 1. The van der Waals surface area contributed by atoms with Crippen molar-refractivity contribution in [2.24, 2.45) is 0 Å². The monoisotopic (exact) mass is 188 g/mol. The van der Waals surface area contributed by atoms with Crippen molar-refractivity contribution in [2.75, 3.05) is 0 Å². The average molecular weight is 188 g/mol. The molecule has 0 fully saturated rings. The molecule has 0 heterocycles. The van der Waals surface area contributed by atoms with Crippen molar-refractivity contribution in [3.63, 3.8) is 0 Å². The minimum absolute atomic E-state index is 0. The van der Waals surface area contributed by atoms with Crippen LogP contribution in [0.4, 0.5) is 0 Å². The minimum Gasteiger partial charge on any atom is -1.00 e. The third-order valence-corrected chi connectivity index (χ3v) is 1.76. The minimum atomic E-state index is -0.316. The van der Waals surface area contributed by atoms with E-state index in [2.05, 4.69) is 0 Å². The number of hydrogen-bond donors (Lipinski definition) is 1. The van der Waals surface area contributed by atoms with Crippen LogP contribution in [0.1, 0.15) is 26.8 Å². The van der Waals surface area contributed by atoms with Gasteiger partial charge in [0.25, 0.3) is 0 Å². The predicted molar refractivity (Wildman–Crippen MR) is 49.6 cm³/mol. The van der Waals surface area contributed by atoms with E-state index in [9.17, 15) is 4.79 Å². The molecular formula is C10H13NaO2. The molecule has 66 valence electrons. The first-order valence-electron chi connectivity index (χ1n) is 3.94. The van der Waals surface area contributed by atoms with E-state index >= 15 is 0 Å². The Morgan fingerprint density at radius 3 is 2.54 bits per heavy atom. The summed E-state index contributed by atoms with van der Waals surface area (Å²) in [4.78, 5) is 11.1. The molecular weight excluding hydrogens is 175 g/mol. The summed E-state index contributed by atoms with van der Waals surface area (Å²) >= 11 is 0. The summed E-state index contributed by atoms with van der Waals surface area (Å²) in [6.07, 6.45) is 0. The van der Waals surface area contributed by atoms with Gasteiger partial charge in [-0.25, -0.2) is 0 Å². The molecule has 0 bridgehead atoms. The summed E-state index contributed by atoms with van der Waals surface area (Å²) in [5, 5.41) is 9.07. The van der Waals surface area contributed by atoms with Crippen LogP contribution in [0.2, 0.25) is 0 Å². The van der Waals surface area contributed by atoms with Crippen LogP contribution >= 0.6 is 0 Å². The van der Waals surface area contributed by atoms with Crippen molar-refractivity contribution >= 4 is 0 Å². The number of hydrogen-bond acceptors (Lipinski definition) is 2. The largest absolute Gasteiger partial charge is 1.00 e. The Bertz CT molecular complexity index is 339. The summed E-state index contributed by atoms with van der Waals surface area (Å²) in [5.74, 6) is 0.117. The van der Waals surface area contributed by atoms with Gasteiger partial charge < -0.3 is 6.53 Å². The van der Waals surface area contributed by atoms with E-state index in [1.807, 2.05) is 19.9 Å². The molecule has 0 unspecified atom stereocenters. The first-order valence-corrected chi connectivity index (χ1v) is 3.94. The van der Waals surface area contributed by atoms with E-state index in [-0.39, 0.29) is 42.2 Å². The first kappa shape index (κ1) is 12.7. The fraction of sp³-hybridized carbons (Fsp3) is 0.300. The molecule has 0 aliphatic heterocycles. The van der Waals surface area contributed by atoms with Crippen molar-refractivity contribution in [3.05, 3.63) is 40.1 Å². The van der Waals surface area contributed by atoms with Crippen molar-refractivity contribution < 1.29 is 36.1 Å². The van der Waals surface area contributed by atoms with Crippen LogP contribution in [0, 0.1) is 0 Å². The maximum atomic E-state index is 11.1. The molecule has 0 spiro atoms. The maximum absolute atomic E-state index is 11.1. The summed E-state index contributed by atoms with van der Waals surface area (Å²) in [7, 11) is 0. The van der Waals surface area contributed by atoms with Crippen molar-refractivity contribution in [1.29, 1.82) is 0 Å². The van der Waals surface area contributed by atoms with Crippen LogP contribution in [0.3, 0.4) is 0 Å². The Morgan fingerprint density at radius 1 is 1.38 bits per heavy atom. The molecule has 0 saturated carbocycles. The molecule has 13 heavy (non-hydrogen) atoms. The van der Waals surface area contributed by atoms with Gasteiger partial charge in [-0.2, -0.15) is 0 Å². The third kappa shape index (κ3) is 3.51. The zero-order valence-electron chi connectivity index (χ0n) is 9.24. The van der Waals surface area contributed by atoms with Gasteiger partial charge >= 0.3 is 29.6 Å². The van der Waals surface area contributed by atoms with Crippen LogP contribution in [0.25, 0.3) is 0 Å². The fourth-order valence-corrected chi connectivity index (χ4v) is 0.965. The van der Waals surface area contributed by atoms with Crippen molar-refractivity contribution in [1.82, 2.24) is 0 Å². The van der Waals surface area contributed by atoms with Crippen LogP contribution in [-0.4, -0.2) is 5.11 Å². The zero-order chi connectivity index (χ0) is 9.14. The molecule has 3 heteroatoms. The Kier molecular flexibility index (Phi) is 5.30. The van der Waals surface area contributed by atoms with E-state index in [0.717, 1.165) is 5.56 Å². The molecule has 1 aromatic carbocycles. The van der Waals surface area contributed by atoms with Crippen LogP contribution < -0.4 is 35.0 Å². The summed E-state index contributed by atoms with van der Waals surface area (Å²) < 4.78 is 0. The van der Waals surface area contributed by atoms with Gasteiger partial charge in [0.05, 0.1) is 0 Å². The number of rotatable bonds is 1. The Labute approximate surface area is 101 Å². The van der Waals surface area contributed by atoms with Crippen LogP contribution in [0.5, 0.6) is 5.75 Å². The molecule has 1 aromatic rings. The second kappa shape index (κ2) is 5.43.